The van der Waals surface area contributed by atoms with Gasteiger partial charge in [0.05, 0.1) is 6.61 Å². The first-order valence-electron chi connectivity index (χ1n) is 2.86. The molecule has 0 fully saturated rings. The summed E-state index contributed by atoms with van der Waals surface area (Å²) < 4.78 is 0. The molecule has 0 spiro atoms. The van der Waals surface area contributed by atoms with Gasteiger partial charge in [-0.05, 0) is 13.0 Å². The molecule has 0 rings (SSSR count). The van der Waals surface area contributed by atoms with E-state index >= 15 is 0 Å². The molecule has 0 aromatic heterocycles. The van der Waals surface area contributed by atoms with Crippen molar-refractivity contribution in [2.45, 2.75) is 6.92 Å². The lowest BCUT2D eigenvalue weighted by Crippen LogP contribution is -2.01. The molecule has 0 aliphatic heterocycles. The van der Waals surface area contributed by atoms with Crippen LogP contribution in [-0.4, -0.2) is 24.5 Å². The fourth-order valence-corrected chi connectivity index (χ4v) is 0.307. The van der Waals surface area contributed by atoms with E-state index in [4.69, 9.17) is 10.8 Å². The third-order valence-corrected chi connectivity index (χ3v) is 0.759. The third-order valence-electron chi connectivity index (χ3n) is 0.759. The minimum atomic E-state index is -0.101. The summed E-state index contributed by atoms with van der Waals surface area (Å²) in [6.07, 6.45) is 3.18. The van der Waals surface area contributed by atoms with Crippen LogP contribution in [0, 0.1) is 0 Å². The summed E-state index contributed by atoms with van der Waals surface area (Å²) in [6, 6.07) is 0. The summed E-state index contributed by atoms with van der Waals surface area (Å²) >= 11 is 0. The van der Waals surface area contributed by atoms with Crippen molar-refractivity contribution >= 4 is 6.21 Å². The fraction of sp³-hybridized carbons (Fsp3) is 0.500. The first-order chi connectivity index (χ1) is 4.31. The molecule has 0 radical (unpaired) electrons. The van der Waals surface area contributed by atoms with Gasteiger partial charge < -0.3 is 10.8 Å². The molecule has 3 nitrogen and oxygen atoms in total. The number of rotatable bonds is 3. The Morgan fingerprint density at radius 1 is 1.78 bits per heavy atom. The molecule has 0 saturated heterocycles. The molecule has 9 heavy (non-hydrogen) atoms. The maximum Gasteiger partial charge on any atom is 0.0826 e. The van der Waals surface area contributed by atoms with E-state index in [0.717, 1.165) is 6.54 Å². The molecule has 0 aromatic rings. The summed E-state index contributed by atoms with van der Waals surface area (Å²) in [6.45, 7) is 2.57. The van der Waals surface area contributed by atoms with Crippen LogP contribution in [0.25, 0.3) is 0 Å². The van der Waals surface area contributed by atoms with E-state index in [1.54, 1.807) is 12.3 Å². The summed E-state index contributed by atoms with van der Waals surface area (Å²) in [7, 11) is 0. The molecule has 0 unspecified atom stereocenters. The van der Waals surface area contributed by atoms with Gasteiger partial charge in [0.2, 0.25) is 0 Å². The van der Waals surface area contributed by atoms with Gasteiger partial charge in [-0.15, -0.1) is 0 Å². The largest absolute Gasteiger partial charge is 0.400 e. The molecule has 3 N–H and O–H groups in total. The molecule has 0 bridgehead atoms. The first kappa shape index (κ1) is 8.17. The lowest BCUT2D eigenvalue weighted by molar-refractivity contribution is 0.330. The Morgan fingerprint density at radius 2 is 2.44 bits per heavy atom. The van der Waals surface area contributed by atoms with Crippen LogP contribution in [0.4, 0.5) is 0 Å². The summed E-state index contributed by atoms with van der Waals surface area (Å²) in [5.74, 6) is 0. The normalized spacial score (nSPS) is 12.9. The van der Waals surface area contributed by atoms with Crippen molar-refractivity contribution in [3.05, 3.63) is 11.8 Å². The number of hydrogen-bond donors (Lipinski definition) is 2. The highest BCUT2D eigenvalue weighted by molar-refractivity contribution is 5.71. The van der Waals surface area contributed by atoms with Gasteiger partial charge in [0.25, 0.3) is 0 Å². The van der Waals surface area contributed by atoms with Gasteiger partial charge in [-0.2, -0.15) is 0 Å². The lowest BCUT2D eigenvalue weighted by atomic mass is 10.4. The zero-order valence-corrected chi connectivity index (χ0v) is 5.54. The third kappa shape index (κ3) is 5.03. The van der Waals surface area contributed by atoms with Crippen molar-refractivity contribution in [2.75, 3.05) is 13.2 Å². The summed E-state index contributed by atoms with van der Waals surface area (Å²) in [4.78, 5) is 3.87. The van der Waals surface area contributed by atoms with Gasteiger partial charge in [-0.3, -0.25) is 4.99 Å². The van der Waals surface area contributed by atoms with Crippen LogP contribution >= 0.6 is 0 Å². The Bertz CT molecular complexity index is 118. The van der Waals surface area contributed by atoms with E-state index in [-0.39, 0.29) is 6.61 Å². The highest BCUT2D eigenvalue weighted by Gasteiger charge is 1.78. The Kier molecular flexibility index (Phi) is 4.82. The molecule has 3 heteroatoms. The van der Waals surface area contributed by atoms with Gasteiger partial charge in [0.1, 0.15) is 0 Å². The molecule has 52 valence electrons. The second-order valence-electron chi connectivity index (χ2n) is 1.55. The first-order valence-corrected chi connectivity index (χ1v) is 2.86. The van der Waals surface area contributed by atoms with E-state index in [9.17, 15) is 0 Å². The van der Waals surface area contributed by atoms with Crippen LogP contribution in [-0.2, 0) is 0 Å². The Balaban J connectivity index is 3.55. The van der Waals surface area contributed by atoms with Crippen molar-refractivity contribution in [2.24, 2.45) is 10.7 Å². The monoisotopic (exact) mass is 128 g/mol. The van der Waals surface area contributed by atoms with Crippen molar-refractivity contribution < 1.29 is 5.11 Å². The molecule has 0 amide bonds. The Hall–Kier alpha value is -0.830. The predicted molar refractivity (Wildman–Crippen MR) is 38.4 cm³/mol. The molecule has 0 aliphatic carbocycles. The SMILES string of the molecule is CCN=CC=C(N)CO. The van der Waals surface area contributed by atoms with Crippen molar-refractivity contribution in [3.63, 3.8) is 0 Å². The maximum absolute atomic E-state index is 8.38. The Labute approximate surface area is 54.9 Å². The average molecular weight is 128 g/mol. The topological polar surface area (TPSA) is 58.6 Å². The lowest BCUT2D eigenvalue weighted by Gasteiger charge is -1.88. The molecular weight excluding hydrogens is 116 g/mol. The van der Waals surface area contributed by atoms with Crippen LogP contribution in [0.1, 0.15) is 6.92 Å². The van der Waals surface area contributed by atoms with Crippen LogP contribution < -0.4 is 5.73 Å². The second kappa shape index (κ2) is 5.31. The quantitative estimate of drug-likeness (QED) is 0.522. The smallest absolute Gasteiger partial charge is 0.0826 e. The van der Waals surface area contributed by atoms with E-state index < -0.39 is 0 Å². The van der Waals surface area contributed by atoms with Gasteiger partial charge in [0.15, 0.2) is 0 Å². The number of nitrogens with zero attached hydrogens (tertiary/aromatic N) is 1. The highest BCUT2D eigenvalue weighted by Crippen LogP contribution is 1.76. The Morgan fingerprint density at radius 3 is 2.89 bits per heavy atom. The maximum atomic E-state index is 8.38. The number of allylic oxidation sites excluding steroid dienone is 1. The number of nitrogens with two attached hydrogens (primary N) is 1. The van der Waals surface area contributed by atoms with E-state index in [1.807, 2.05) is 6.92 Å². The van der Waals surface area contributed by atoms with Crippen molar-refractivity contribution in [1.29, 1.82) is 0 Å². The standard InChI is InChI=1S/C6H12N2O/c1-2-8-4-3-6(7)5-9/h3-4,9H,2,5,7H2,1H3. The number of aliphatic hydroxyl groups excluding tert-OH is 1. The minimum absolute atomic E-state index is 0.101. The molecule has 0 heterocycles. The van der Waals surface area contributed by atoms with E-state index in [0.29, 0.717) is 5.70 Å². The highest BCUT2D eigenvalue weighted by atomic mass is 16.3. The molecule has 0 atom stereocenters. The van der Waals surface area contributed by atoms with Crippen LogP contribution in [0.5, 0.6) is 0 Å². The summed E-state index contributed by atoms with van der Waals surface area (Å²) in [5, 5.41) is 8.38. The van der Waals surface area contributed by atoms with Crippen LogP contribution in [0.2, 0.25) is 0 Å². The van der Waals surface area contributed by atoms with Gasteiger partial charge in [-0.1, -0.05) is 0 Å². The summed E-state index contributed by atoms with van der Waals surface area (Å²) in [5.41, 5.74) is 5.67. The number of aliphatic imine (C=N–C) groups is 1. The zero-order chi connectivity index (χ0) is 7.11. The number of hydrogen-bond acceptors (Lipinski definition) is 3. The fourth-order valence-electron chi connectivity index (χ4n) is 0.307. The average Bonchev–Trinajstić information content (AvgIpc) is 1.89. The van der Waals surface area contributed by atoms with Crippen LogP contribution in [0.3, 0.4) is 0 Å². The zero-order valence-electron chi connectivity index (χ0n) is 5.54. The van der Waals surface area contributed by atoms with Gasteiger partial charge in [0, 0.05) is 18.5 Å². The van der Waals surface area contributed by atoms with Crippen molar-refractivity contribution in [3.8, 4) is 0 Å². The van der Waals surface area contributed by atoms with E-state index in [1.165, 1.54) is 0 Å². The molecule has 0 saturated carbocycles. The predicted octanol–water partition coefficient (Wildman–Crippen LogP) is -0.0880. The molecule has 0 aliphatic rings. The molecule has 0 aromatic carbocycles. The van der Waals surface area contributed by atoms with E-state index in [2.05, 4.69) is 4.99 Å². The van der Waals surface area contributed by atoms with Crippen LogP contribution in [0.15, 0.2) is 16.8 Å². The van der Waals surface area contributed by atoms with Gasteiger partial charge >= 0.3 is 0 Å². The molecular formula is C6H12N2O. The minimum Gasteiger partial charge on any atom is -0.400 e. The van der Waals surface area contributed by atoms with Crippen molar-refractivity contribution in [1.82, 2.24) is 0 Å². The van der Waals surface area contributed by atoms with Gasteiger partial charge in [-0.25, -0.2) is 0 Å². The number of aliphatic hydroxyl groups is 1. The second-order valence-corrected chi connectivity index (χ2v) is 1.55.